The second-order valence-corrected chi connectivity index (χ2v) is 4.50. The minimum atomic E-state index is -0.205. The fourth-order valence-corrected chi connectivity index (χ4v) is 2.08. The Morgan fingerprint density at radius 2 is 2.00 bits per heavy atom. The van der Waals surface area contributed by atoms with Crippen molar-refractivity contribution in [2.24, 2.45) is 0 Å². The van der Waals surface area contributed by atoms with E-state index in [0.29, 0.717) is 6.61 Å². The molecule has 1 aliphatic carbocycles. The molecule has 2 atom stereocenters. The van der Waals surface area contributed by atoms with Crippen molar-refractivity contribution in [2.45, 2.75) is 44.8 Å². The molecule has 94 valence electrons. The van der Waals surface area contributed by atoms with Gasteiger partial charge in [0.25, 0.3) is 0 Å². The van der Waals surface area contributed by atoms with Crippen molar-refractivity contribution < 1.29 is 14.6 Å². The van der Waals surface area contributed by atoms with E-state index < -0.39 is 0 Å². The number of hydrogen-bond acceptors (Lipinski definition) is 3. The van der Waals surface area contributed by atoms with Crippen LogP contribution in [0.3, 0.4) is 0 Å². The van der Waals surface area contributed by atoms with Gasteiger partial charge in [-0.15, -0.1) is 0 Å². The average molecular weight is 236 g/mol. The lowest BCUT2D eigenvalue weighted by atomic mass is 10.3. The number of aliphatic hydroxyl groups excluding tert-OH is 1. The predicted molar refractivity (Wildman–Crippen MR) is 66.5 cm³/mol. The minimum absolute atomic E-state index is 0.122. The van der Waals surface area contributed by atoms with Crippen LogP contribution in [0.25, 0.3) is 0 Å². The maximum atomic E-state index is 9.48. The Labute approximate surface area is 102 Å². The van der Waals surface area contributed by atoms with E-state index in [9.17, 15) is 5.11 Å². The Kier molecular flexibility index (Phi) is 4.26. The Morgan fingerprint density at radius 1 is 1.24 bits per heavy atom. The summed E-state index contributed by atoms with van der Waals surface area (Å²) < 4.78 is 11.5. The molecule has 2 rings (SSSR count). The average Bonchev–Trinajstić information content (AvgIpc) is 2.74. The maximum absolute atomic E-state index is 9.48. The van der Waals surface area contributed by atoms with E-state index in [2.05, 4.69) is 6.92 Å². The van der Waals surface area contributed by atoms with Gasteiger partial charge in [-0.05, 0) is 31.4 Å². The highest BCUT2D eigenvalue weighted by molar-refractivity contribution is 5.39. The molecule has 2 unspecified atom stereocenters. The summed E-state index contributed by atoms with van der Waals surface area (Å²) in [5.74, 6) is 1.59. The lowest BCUT2D eigenvalue weighted by Crippen LogP contribution is -2.14. The summed E-state index contributed by atoms with van der Waals surface area (Å²) in [4.78, 5) is 0. The Balaban J connectivity index is 1.99. The van der Waals surface area contributed by atoms with Gasteiger partial charge in [0.05, 0.1) is 12.7 Å². The SMILES string of the molecule is CCCOc1ccccc1OC1CCC(O)C1. The zero-order valence-corrected chi connectivity index (χ0v) is 10.3. The highest BCUT2D eigenvalue weighted by atomic mass is 16.5. The number of rotatable bonds is 5. The first-order chi connectivity index (χ1) is 8.29. The molecule has 0 heterocycles. The van der Waals surface area contributed by atoms with Crippen LogP contribution < -0.4 is 9.47 Å². The van der Waals surface area contributed by atoms with Gasteiger partial charge < -0.3 is 14.6 Å². The molecular formula is C14H20O3. The van der Waals surface area contributed by atoms with Gasteiger partial charge in [-0.25, -0.2) is 0 Å². The van der Waals surface area contributed by atoms with Gasteiger partial charge in [-0.2, -0.15) is 0 Å². The molecule has 3 heteroatoms. The maximum Gasteiger partial charge on any atom is 0.161 e. The molecule has 0 spiro atoms. The Bertz CT molecular complexity index is 351. The van der Waals surface area contributed by atoms with E-state index in [1.807, 2.05) is 24.3 Å². The molecule has 1 aliphatic rings. The van der Waals surface area contributed by atoms with Crippen molar-refractivity contribution >= 4 is 0 Å². The smallest absolute Gasteiger partial charge is 0.161 e. The van der Waals surface area contributed by atoms with Crippen LogP contribution in [0.5, 0.6) is 11.5 Å². The Morgan fingerprint density at radius 3 is 2.65 bits per heavy atom. The molecule has 17 heavy (non-hydrogen) atoms. The van der Waals surface area contributed by atoms with Crippen LogP contribution in [0.4, 0.5) is 0 Å². The zero-order chi connectivity index (χ0) is 12.1. The zero-order valence-electron chi connectivity index (χ0n) is 10.3. The fraction of sp³-hybridized carbons (Fsp3) is 0.571. The molecule has 0 saturated heterocycles. The summed E-state index contributed by atoms with van der Waals surface area (Å²) in [6, 6.07) is 7.74. The third-order valence-electron chi connectivity index (χ3n) is 2.96. The largest absolute Gasteiger partial charge is 0.490 e. The van der Waals surface area contributed by atoms with E-state index in [0.717, 1.165) is 37.2 Å². The quantitative estimate of drug-likeness (QED) is 0.854. The second-order valence-electron chi connectivity index (χ2n) is 4.50. The standard InChI is InChI=1S/C14H20O3/c1-2-9-16-13-5-3-4-6-14(13)17-12-8-7-11(15)10-12/h3-6,11-12,15H,2,7-10H2,1H3. The molecule has 1 saturated carbocycles. The number of ether oxygens (including phenoxy) is 2. The van der Waals surface area contributed by atoms with E-state index >= 15 is 0 Å². The summed E-state index contributed by atoms with van der Waals surface area (Å²) >= 11 is 0. The van der Waals surface area contributed by atoms with Gasteiger partial charge in [0.2, 0.25) is 0 Å². The molecule has 1 N–H and O–H groups in total. The van der Waals surface area contributed by atoms with Crippen LogP contribution in [0.2, 0.25) is 0 Å². The number of para-hydroxylation sites is 2. The first-order valence-electron chi connectivity index (χ1n) is 6.36. The molecule has 0 amide bonds. The van der Waals surface area contributed by atoms with Crippen LogP contribution in [0.1, 0.15) is 32.6 Å². The molecule has 1 fully saturated rings. The van der Waals surface area contributed by atoms with E-state index in [1.165, 1.54) is 0 Å². The molecular weight excluding hydrogens is 216 g/mol. The molecule has 0 bridgehead atoms. The van der Waals surface area contributed by atoms with Gasteiger partial charge in [0.1, 0.15) is 6.10 Å². The normalized spacial score (nSPS) is 23.6. The van der Waals surface area contributed by atoms with Crippen molar-refractivity contribution in [2.75, 3.05) is 6.61 Å². The van der Waals surface area contributed by atoms with Gasteiger partial charge >= 0.3 is 0 Å². The number of aliphatic hydroxyl groups is 1. The van der Waals surface area contributed by atoms with Crippen molar-refractivity contribution in [3.8, 4) is 11.5 Å². The highest BCUT2D eigenvalue weighted by Gasteiger charge is 2.25. The molecule has 0 radical (unpaired) electrons. The van der Waals surface area contributed by atoms with Gasteiger partial charge in [-0.1, -0.05) is 19.1 Å². The van der Waals surface area contributed by atoms with E-state index in [-0.39, 0.29) is 12.2 Å². The van der Waals surface area contributed by atoms with Gasteiger partial charge in [0, 0.05) is 6.42 Å². The van der Waals surface area contributed by atoms with E-state index in [1.54, 1.807) is 0 Å². The second kappa shape index (κ2) is 5.92. The van der Waals surface area contributed by atoms with Crippen LogP contribution in [0.15, 0.2) is 24.3 Å². The number of benzene rings is 1. The lowest BCUT2D eigenvalue weighted by Gasteiger charge is -2.16. The van der Waals surface area contributed by atoms with Crippen LogP contribution in [-0.4, -0.2) is 23.9 Å². The van der Waals surface area contributed by atoms with Gasteiger partial charge in [-0.3, -0.25) is 0 Å². The minimum Gasteiger partial charge on any atom is -0.490 e. The van der Waals surface area contributed by atoms with Crippen LogP contribution in [-0.2, 0) is 0 Å². The first-order valence-corrected chi connectivity index (χ1v) is 6.36. The third kappa shape index (κ3) is 3.37. The Hall–Kier alpha value is -1.22. The van der Waals surface area contributed by atoms with Crippen LogP contribution >= 0.6 is 0 Å². The summed E-state index contributed by atoms with van der Waals surface area (Å²) in [5.41, 5.74) is 0. The van der Waals surface area contributed by atoms with Gasteiger partial charge in [0.15, 0.2) is 11.5 Å². The molecule has 0 aliphatic heterocycles. The molecule has 1 aromatic rings. The molecule has 1 aromatic carbocycles. The monoisotopic (exact) mass is 236 g/mol. The van der Waals surface area contributed by atoms with Crippen molar-refractivity contribution in [1.29, 1.82) is 0 Å². The number of hydrogen-bond donors (Lipinski definition) is 1. The van der Waals surface area contributed by atoms with Crippen molar-refractivity contribution in [3.05, 3.63) is 24.3 Å². The molecule has 3 nitrogen and oxygen atoms in total. The topological polar surface area (TPSA) is 38.7 Å². The predicted octanol–water partition coefficient (Wildman–Crippen LogP) is 2.77. The van der Waals surface area contributed by atoms with Crippen LogP contribution in [0, 0.1) is 0 Å². The highest BCUT2D eigenvalue weighted by Crippen LogP contribution is 2.31. The first kappa shape index (κ1) is 12.2. The van der Waals surface area contributed by atoms with Crippen molar-refractivity contribution in [3.63, 3.8) is 0 Å². The summed E-state index contributed by atoms with van der Waals surface area (Å²) in [6.45, 7) is 2.78. The van der Waals surface area contributed by atoms with E-state index in [4.69, 9.17) is 9.47 Å². The fourth-order valence-electron chi connectivity index (χ4n) is 2.08. The summed E-state index contributed by atoms with van der Waals surface area (Å²) in [6.07, 6.45) is 3.38. The van der Waals surface area contributed by atoms with Crippen molar-refractivity contribution in [1.82, 2.24) is 0 Å². The lowest BCUT2D eigenvalue weighted by molar-refractivity contribution is 0.146. The third-order valence-corrected chi connectivity index (χ3v) is 2.96. The molecule has 0 aromatic heterocycles. The summed E-state index contributed by atoms with van der Waals surface area (Å²) in [5, 5.41) is 9.48. The summed E-state index contributed by atoms with van der Waals surface area (Å²) in [7, 11) is 0.